The highest BCUT2D eigenvalue weighted by Gasteiger charge is 2.11. The zero-order chi connectivity index (χ0) is 11.4. The lowest BCUT2D eigenvalue weighted by Gasteiger charge is -2.25. The molecular weight excluding hydrogens is 186 g/mol. The van der Waals surface area contributed by atoms with Gasteiger partial charge in [0.25, 0.3) is 0 Å². The zero-order valence-corrected chi connectivity index (χ0v) is 10.1. The Kier molecular flexibility index (Phi) is 4.15. The van der Waals surface area contributed by atoms with E-state index in [-0.39, 0.29) is 0 Å². The first kappa shape index (κ1) is 12.1. The van der Waals surface area contributed by atoms with Crippen molar-refractivity contribution in [2.45, 2.75) is 26.9 Å². The van der Waals surface area contributed by atoms with Gasteiger partial charge in [-0.3, -0.25) is 0 Å². The summed E-state index contributed by atoms with van der Waals surface area (Å²) in [6, 6.07) is 8.02. The molecule has 0 aliphatic carbocycles. The SMILES string of the molecule is CC(C)CN(C)c1ccccc1C(C)O. The molecule has 0 saturated carbocycles. The number of para-hydroxylation sites is 1. The Morgan fingerprint density at radius 1 is 1.20 bits per heavy atom. The van der Waals surface area contributed by atoms with E-state index in [1.54, 1.807) is 0 Å². The Balaban J connectivity index is 2.92. The maximum Gasteiger partial charge on any atom is 0.0781 e. The van der Waals surface area contributed by atoms with Crippen LogP contribution in [0.25, 0.3) is 0 Å². The molecule has 1 unspecified atom stereocenters. The monoisotopic (exact) mass is 207 g/mol. The van der Waals surface area contributed by atoms with Gasteiger partial charge in [-0.15, -0.1) is 0 Å². The van der Waals surface area contributed by atoms with Gasteiger partial charge >= 0.3 is 0 Å². The molecule has 0 amide bonds. The molecule has 1 atom stereocenters. The molecule has 1 N–H and O–H groups in total. The summed E-state index contributed by atoms with van der Waals surface area (Å²) in [6.07, 6.45) is -0.407. The van der Waals surface area contributed by atoms with Crippen molar-refractivity contribution in [1.29, 1.82) is 0 Å². The second-order valence-corrected chi connectivity index (χ2v) is 4.51. The van der Waals surface area contributed by atoms with Crippen LogP contribution in [0.1, 0.15) is 32.4 Å². The largest absolute Gasteiger partial charge is 0.389 e. The van der Waals surface area contributed by atoms with Gasteiger partial charge in [-0.2, -0.15) is 0 Å². The van der Waals surface area contributed by atoms with Crippen LogP contribution in [-0.4, -0.2) is 18.7 Å². The molecule has 1 rings (SSSR count). The summed E-state index contributed by atoms with van der Waals surface area (Å²) in [5.74, 6) is 0.622. The van der Waals surface area contributed by atoms with Gasteiger partial charge in [0.05, 0.1) is 6.10 Å². The molecule has 0 radical (unpaired) electrons. The van der Waals surface area contributed by atoms with Crippen LogP contribution in [0.5, 0.6) is 0 Å². The Morgan fingerprint density at radius 2 is 1.80 bits per heavy atom. The molecule has 0 fully saturated rings. The molecule has 0 spiro atoms. The van der Waals surface area contributed by atoms with Crippen molar-refractivity contribution in [1.82, 2.24) is 0 Å². The van der Waals surface area contributed by atoms with Crippen molar-refractivity contribution < 1.29 is 5.11 Å². The van der Waals surface area contributed by atoms with Crippen molar-refractivity contribution >= 4 is 5.69 Å². The first-order chi connectivity index (χ1) is 7.02. The highest BCUT2D eigenvalue weighted by molar-refractivity contribution is 5.53. The van der Waals surface area contributed by atoms with E-state index in [1.807, 2.05) is 25.1 Å². The molecule has 0 saturated heterocycles. The molecule has 2 nitrogen and oxygen atoms in total. The van der Waals surface area contributed by atoms with Crippen LogP contribution in [-0.2, 0) is 0 Å². The molecule has 1 aromatic rings. The van der Waals surface area contributed by atoms with E-state index in [1.165, 1.54) is 0 Å². The second-order valence-electron chi connectivity index (χ2n) is 4.51. The van der Waals surface area contributed by atoms with E-state index in [2.05, 4.69) is 31.9 Å². The standard InChI is InChI=1S/C13H21NO/c1-10(2)9-14(4)13-8-6-5-7-12(13)11(3)15/h5-8,10-11,15H,9H2,1-4H3. The summed E-state index contributed by atoms with van der Waals surface area (Å²) in [7, 11) is 2.07. The first-order valence-corrected chi connectivity index (χ1v) is 5.50. The highest BCUT2D eigenvalue weighted by Crippen LogP contribution is 2.25. The average Bonchev–Trinajstić information content (AvgIpc) is 2.16. The van der Waals surface area contributed by atoms with Crippen LogP contribution in [0.3, 0.4) is 0 Å². The van der Waals surface area contributed by atoms with Gasteiger partial charge in [0.1, 0.15) is 0 Å². The number of hydrogen-bond donors (Lipinski definition) is 1. The van der Waals surface area contributed by atoms with Crippen LogP contribution >= 0.6 is 0 Å². The number of hydrogen-bond acceptors (Lipinski definition) is 2. The molecule has 1 aromatic carbocycles. The fourth-order valence-corrected chi connectivity index (χ4v) is 1.83. The van der Waals surface area contributed by atoms with E-state index in [0.717, 1.165) is 17.8 Å². The topological polar surface area (TPSA) is 23.5 Å². The van der Waals surface area contributed by atoms with E-state index >= 15 is 0 Å². The lowest BCUT2D eigenvalue weighted by atomic mass is 10.1. The first-order valence-electron chi connectivity index (χ1n) is 5.50. The summed E-state index contributed by atoms with van der Waals surface area (Å²) in [5.41, 5.74) is 2.13. The normalized spacial score (nSPS) is 12.9. The fraction of sp³-hybridized carbons (Fsp3) is 0.538. The molecule has 2 heteroatoms. The summed E-state index contributed by atoms with van der Waals surface area (Å²) < 4.78 is 0. The Morgan fingerprint density at radius 3 is 2.33 bits per heavy atom. The third kappa shape index (κ3) is 3.24. The summed E-state index contributed by atoms with van der Waals surface area (Å²) in [6.45, 7) is 7.20. The van der Waals surface area contributed by atoms with Gasteiger partial charge < -0.3 is 10.0 Å². The van der Waals surface area contributed by atoms with Gasteiger partial charge in [-0.1, -0.05) is 32.0 Å². The lowest BCUT2D eigenvalue weighted by Crippen LogP contribution is -2.23. The molecule has 0 aromatic heterocycles. The lowest BCUT2D eigenvalue weighted by molar-refractivity contribution is 0.199. The van der Waals surface area contributed by atoms with E-state index in [4.69, 9.17) is 0 Å². The minimum atomic E-state index is -0.407. The van der Waals surface area contributed by atoms with Crippen LogP contribution < -0.4 is 4.90 Å². The number of rotatable bonds is 4. The van der Waals surface area contributed by atoms with E-state index in [0.29, 0.717) is 5.92 Å². The third-order valence-corrected chi connectivity index (χ3v) is 2.44. The number of aliphatic hydroxyl groups is 1. The molecule has 0 heterocycles. The van der Waals surface area contributed by atoms with Crippen molar-refractivity contribution in [3.63, 3.8) is 0 Å². The minimum Gasteiger partial charge on any atom is -0.389 e. The maximum absolute atomic E-state index is 9.66. The van der Waals surface area contributed by atoms with E-state index < -0.39 is 6.10 Å². The molecule has 0 aliphatic rings. The van der Waals surface area contributed by atoms with Gasteiger partial charge in [-0.05, 0) is 18.9 Å². The zero-order valence-electron chi connectivity index (χ0n) is 10.1. The van der Waals surface area contributed by atoms with Gasteiger partial charge in [0, 0.05) is 24.8 Å². The van der Waals surface area contributed by atoms with Crippen molar-refractivity contribution in [3.05, 3.63) is 29.8 Å². The molecule has 84 valence electrons. The van der Waals surface area contributed by atoms with E-state index in [9.17, 15) is 5.11 Å². The molecule has 0 aliphatic heterocycles. The summed E-state index contributed by atoms with van der Waals surface area (Å²) in [5, 5.41) is 9.66. The molecular formula is C13H21NO. The van der Waals surface area contributed by atoms with Crippen molar-refractivity contribution in [2.24, 2.45) is 5.92 Å². The van der Waals surface area contributed by atoms with Gasteiger partial charge in [0.2, 0.25) is 0 Å². The fourth-order valence-electron chi connectivity index (χ4n) is 1.83. The quantitative estimate of drug-likeness (QED) is 0.820. The Hall–Kier alpha value is -1.02. The predicted octanol–water partition coefficient (Wildman–Crippen LogP) is 2.83. The summed E-state index contributed by atoms with van der Waals surface area (Å²) in [4.78, 5) is 2.20. The average molecular weight is 207 g/mol. The number of anilines is 1. The number of nitrogens with zero attached hydrogens (tertiary/aromatic N) is 1. The maximum atomic E-state index is 9.66. The second kappa shape index (κ2) is 5.17. The van der Waals surface area contributed by atoms with Crippen molar-refractivity contribution in [3.8, 4) is 0 Å². The van der Waals surface area contributed by atoms with Crippen molar-refractivity contribution in [2.75, 3.05) is 18.5 Å². The van der Waals surface area contributed by atoms with Gasteiger partial charge in [0.15, 0.2) is 0 Å². The Labute approximate surface area is 92.5 Å². The highest BCUT2D eigenvalue weighted by atomic mass is 16.3. The van der Waals surface area contributed by atoms with Gasteiger partial charge in [-0.25, -0.2) is 0 Å². The van der Waals surface area contributed by atoms with Crippen LogP contribution in [0.15, 0.2) is 24.3 Å². The third-order valence-electron chi connectivity index (χ3n) is 2.44. The summed E-state index contributed by atoms with van der Waals surface area (Å²) >= 11 is 0. The molecule has 0 bridgehead atoms. The van der Waals surface area contributed by atoms with Crippen LogP contribution in [0.2, 0.25) is 0 Å². The number of benzene rings is 1. The predicted molar refractivity (Wildman–Crippen MR) is 65.2 cm³/mol. The number of aliphatic hydroxyl groups excluding tert-OH is 1. The Bertz CT molecular complexity index is 307. The van der Waals surface area contributed by atoms with Crippen LogP contribution in [0, 0.1) is 5.92 Å². The smallest absolute Gasteiger partial charge is 0.0781 e. The molecule has 15 heavy (non-hydrogen) atoms. The van der Waals surface area contributed by atoms with Crippen LogP contribution in [0.4, 0.5) is 5.69 Å². The minimum absolute atomic E-state index is 0.407.